The van der Waals surface area contributed by atoms with Crippen molar-refractivity contribution < 1.29 is 23.0 Å². The zero-order valence-corrected chi connectivity index (χ0v) is 16.6. The van der Waals surface area contributed by atoms with Gasteiger partial charge in [-0.3, -0.25) is 0 Å². The van der Waals surface area contributed by atoms with E-state index in [0.717, 1.165) is 17.8 Å². The van der Waals surface area contributed by atoms with Gasteiger partial charge in [-0.25, -0.2) is 13.6 Å². The van der Waals surface area contributed by atoms with Gasteiger partial charge in [-0.2, -0.15) is 0 Å². The number of methoxy groups -OCH3 is 2. The summed E-state index contributed by atoms with van der Waals surface area (Å²) in [6, 6.07) is 11.4. The third-order valence-corrected chi connectivity index (χ3v) is 5.23. The lowest BCUT2D eigenvalue weighted by atomic mass is 9.98. The number of aromatic nitrogens is 1. The van der Waals surface area contributed by atoms with Crippen molar-refractivity contribution in [2.75, 3.05) is 26.1 Å². The minimum atomic E-state index is -0.834. The van der Waals surface area contributed by atoms with E-state index >= 15 is 0 Å². The van der Waals surface area contributed by atoms with Gasteiger partial charge in [-0.05, 0) is 42.5 Å². The number of nitrogens with zero attached hydrogens (tertiary/aromatic N) is 2. The second-order valence-electron chi connectivity index (χ2n) is 6.86. The molecule has 156 valence electrons. The van der Waals surface area contributed by atoms with Crippen LogP contribution in [0.2, 0.25) is 0 Å². The van der Waals surface area contributed by atoms with Crippen LogP contribution >= 0.6 is 0 Å². The summed E-state index contributed by atoms with van der Waals surface area (Å²) in [5.74, 6) is -0.487. The Labute approximate surface area is 172 Å². The molecular weight excluding hydrogens is 392 g/mol. The highest BCUT2D eigenvalue weighted by molar-refractivity contribution is 5.90. The minimum Gasteiger partial charge on any atom is -0.497 e. The van der Waals surface area contributed by atoms with E-state index in [-0.39, 0.29) is 0 Å². The fraction of sp³-hybridized carbons (Fsp3) is 0.227. The van der Waals surface area contributed by atoms with E-state index < -0.39 is 29.4 Å². The van der Waals surface area contributed by atoms with Gasteiger partial charge in [0, 0.05) is 30.5 Å². The van der Waals surface area contributed by atoms with Crippen molar-refractivity contribution in [1.82, 2.24) is 9.47 Å². The van der Waals surface area contributed by atoms with Crippen LogP contribution < -0.4 is 14.8 Å². The lowest BCUT2D eigenvalue weighted by Crippen LogP contribution is -2.44. The molecule has 1 aliphatic heterocycles. The number of carbonyl (C=O) groups is 1. The Morgan fingerprint density at radius 2 is 1.80 bits per heavy atom. The fourth-order valence-electron chi connectivity index (χ4n) is 3.78. The molecule has 2 aromatic carbocycles. The molecule has 0 fully saturated rings. The molecule has 0 radical (unpaired) electrons. The van der Waals surface area contributed by atoms with Crippen molar-refractivity contribution >= 4 is 11.7 Å². The number of ether oxygens (including phenoxy) is 2. The number of para-hydroxylation sites is 1. The van der Waals surface area contributed by atoms with Gasteiger partial charge in [0.2, 0.25) is 0 Å². The van der Waals surface area contributed by atoms with Gasteiger partial charge in [0.25, 0.3) is 0 Å². The first kappa shape index (κ1) is 19.8. The molecule has 6 nitrogen and oxygen atoms in total. The predicted octanol–water partition coefficient (Wildman–Crippen LogP) is 4.42. The molecule has 1 N–H and O–H groups in total. The van der Waals surface area contributed by atoms with E-state index in [4.69, 9.17) is 9.47 Å². The molecule has 8 heteroatoms. The van der Waals surface area contributed by atoms with E-state index in [9.17, 15) is 13.6 Å². The fourth-order valence-corrected chi connectivity index (χ4v) is 3.78. The number of nitrogens with one attached hydrogen (secondary N) is 1. The first-order valence-corrected chi connectivity index (χ1v) is 9.42. The first-order valence-electron chi connectivity index (χ1n) is 9.42. The summed E-state index contributed by atoms with van der Waals surface area (Å²) in [5, 5.41) is 2.39. The van der Waals surface area contributed by atoms with Gasteiger partial charge in [-0.15, -0.1) is 0 Å². The SMILES string of the molecule is COc1ccc(OC)c([C@@H]2c3cccn3CCN2C(=O)Nc2c(F)cccc2F)c1. The monoisotopic (exact) mass is 413 g/mol. The van der Waals surface area contributed by atoms with Crippen molar-refractivity contribution in [3.05, 3.63) is 77.6 Å². The van der Waals surface area contributed by atoms with Crippen LogP contribution in [0.3, 0.4) is 0 Å². The van der Waals surface area contributed by atoms with E-state index in [2.05, 4.69) is 5.32 Å². The average molecular weight is 413 g/mol. The van der Waals surface area contributed by atoms with Gasteiger partial charge in [0.05, 0.1) is 14.2 Å². The lowest BCUT2D eigenvalue weighted by molar-refractivity contribution is 0.180. The van der Waals surface area contributed by atoms with Crippen LogP contribution in [0, 0.1) is 11.6 Å². The zero-order valence-electron chi connectivity index (χ0n) is 16.6. The van der Waals surface area contributed by atoms with Gasteiger partial charge in [-0.1, -0.05) is 6.07 Å². The predicted molar refractivity (Wildman–Crippen MR) is 108 cm³/mol. The molecule has 0 spiro atoms. The summed E-state index contributed by atoms with van der Waals surface area (Å²) < 4.78 is 41.1. The normalized spacial score (nSPS) is 15.5. The number of amides is 2. The molecule has 2 heterocycles. The molecule has 2 amide bonds. The number of carbonyl (C=O) groups excluding carboxylic acids is 1. The van der Waals surface area contributed by atoms with Gasteiger partial charge in [0.1, 0.15) is 34.9 Å². The second-order valence-corrected chi connectivity index (χ2v) is 6.86. The molecule has 0 saturated carbocycles. The Morgan fingerprint density at radius 3 is 2.50 bits per heavy atom. The molecule has 4 rings (SSSR count). The molecule has 1 atom stereocenters. The molecular formula is C22H21F2N3O3. The van der Waals surface area contributed by atoms with E-state index in [1.165, 1.54) is 6.07 Å². The van der Waals surface area contributed by atoms with Crippen LogP contribution in [0.5, 0.6) is 11.5 Å². The smallest absolute Gasteiger partial charge is 0.322 e. The lowest BCUT2D eigenvalue weighted by Gasteiger charge is -2.37. The Hall–Kier alpha value is -3.55. The molecule has 30 heavy (non-hydrogen) atoms. The second kappa shape index (κ2) is 8.06. The van der Waals surface area contributed by atoms with Crippen molar-refractivity contribution in [1.29, 1.82) is 0 Å². The topological polar surface area (TPSA) is 55.7 Å². The van der Waals surface area contributed by atoms with Crippen LogP contribution in [0.25, 0.3) is 0 Å². The molecule has 0 unspecified atom stereocenters. The number of urea groups is 1. The molecule has 3 aromatic rings. The van der Waals surface area contributed by atoms with Crippen molar-refractivity contribution in [2.24, 2.45) is 0 Å². The number of benzene rings is 2. The molecule has 0 saturated heterocycles. The quantitative estimate of drug-likeness (QED) is 0.689. The molecule has 1 aliphatic rings. The van der Waals surface area contributed by atoms with Crippen molar-refractivity contribution in [3.63, 3.8) is 0 Å². The highest BCUT2D eigenvalue weighted by Gasteiger charge is 2.35. The summed E-state index contributed by atoms with van der Waals surface area (Å²) in [5.41, 5.74) is 1.09. The van der Waals surface area contributed by atoms with E-state index in [0.29, 0.717) is 30.2 Å². The van der Waals surface area contributed by atoms with Crippen LogP contribution in [0.15, 0.2) is 54.7 Å². The maximum atomic E-state index is 14.1. The highest BCUT2D eigenvalue weighted by Crippen LogP contribution is 2.39. The van der Waals surface area contributed by atoms with Crippen LogP contribution in [0.1, 0.15) is 17.3 Å². The third-order valence-electron chi connectivity index (χ3n) is 5.23. The first-order chi connectivity index (χ1) is 14.5. The van der Waals surface area contributed by atoms with Crippen molar-refractivity contribution in [3.8, 4) is 11.5 Å². The van der Waals surface area contributed by atoms with Gasteiger partial charge < -0.3 is 24.3 Å². The van der Waals surface area contributed by atoms with Crippen LogP contribution in [0.4, 0.5) is 19.3 Å². The van der Waals surface area contributed by atoms with Crippen LogP contribution in [-0.2, 0) is 6.54 Å². The van der Waals surface area contributed by atoms with Crippen molar-refractivity contribution in [2.45, 2.75) is 12.6 Å². The number of hydrogen-bond acceptors (Lipinski definition) is 3. The summed E-state index contributed by atoms with van der Waals surface area (Å²) in [4.78, 5) is 14.7. The summed E-state index contributed by atoms with van der Waals surface area (Å²) in [7, 11) is 3.10. The standard InChI is InChI=1S/C22H21F2N3O3/c1-29-14-8-9-19(30-2)15(13-14)21-18-7-4-10-26(18)11-12-27(21)22(28)25-20-16(23)5-3-6-17(20)24/h3-10,13,21H,11-12H2,1-2H3,(H,25,28)/t21-/m1/s1. The number of anilines is 1. The number of rotatable bonds is 4. The van der Waals surface area contributed by atoms with Gasteiger partial charge >= 0.3 is 6.03 Å². The number of hydrogen-bond donors (Lipinski definition) is 1. The zero-order chi connectivity index (χ0) is 21.3. The van der Waals surface area contributed by atoms with E-state index in [1.807, 2.05) is 22.9 Å². The minimum absolute atomic E-state index is 0.342. The Bertz CT molecular complexity index is 1060. The maximum Gasteiger partial charge on any atom is 0.322 e. The van der Waals surface area contributed by atoms with E-state index in [1.54, 1.807) is 37.3 Å². The molecule has 0 bridgehead atoms. The van der Waals surface area contributed by atoms with Gasteiger partial charge in [0.15, 0.2) is 0 Å². The Kier molecular flexibility index (Phi) is 5.31. The Balaban J connectivity index is 1.77. The third kappa shape index (κ3) is 3.45. The molecule has 1 aromatic heterocycles. The average Bonchev–Trinajstić information content (AvgIpc) is 3.24. The maximum absolute atomic E-state index is 14.1. The summed E-state index contributed by atoms with van der Waals surface area (Å²) >= 11 is 0. The number of halogens is 2. The summed E-state index contributed by atoms with van der Waals surface area (Å²) in [6.07, 6.45) is 1.93. The Morgan fingerprint density at radius 1 is 1.03 bits per heavy atom. The largest absolute Gasteiger partial charge is 0.497 e. The molecule has 0 aliphatic carbocycles. The number of fused-ring (bicyclic) bond motifs is 1. The summed E-state index contributed by atoms with van der Waals surface area (Å²) in [6.45, 7) is 0.896. The highest BCUT2D eigenvalue weighted by atomic mass is 19.1. The van der Waals surface area contributed by atoms with Crippen LogP contribution in [-0.4, -0.2) is 36.3 Å².